The zero-order valence-electron chi connectivity index (χ0n) is 10.6. The second-order valence-corrected chi connectivity index (χ2v) is 5.86. The van der Waals surface area contributed by atoms with Gasteiger partial charge in [0, 0.05) is 21.3 Å². The van der Waals surface area contributed by atoms with Crippen LogP contribution in [0.1, 0.15) is 11.0 Å². The molecule has 1 heterocycles. The molecule has 2 rings (SSSR count). The molecule has 0 fully saturated rings. The Hall–Kier alpha value is -1.25. The number of hydrogen-bond donors (Lipinski definition) is 1. The highest BCUT2D eigenvalue weighted by Gasteiger charge is 2.32. The minimum atomic E-state index is -4.77. The third-order valence-electron chi connectivity index (χ3n) is 2.46. The normalized spacial score (nSPS) is 13.0. The Bertz CT molecular complexity index is 603. The summed E-state index contributed by atoms with van der Waals surface area (Å²) in [5, 5.41) is 1.85. The topological polar surface area (TPSA) is 44.5 Å². The maximum atomic E-state index is 12.4. The molecular weight excluding hydrogens is 371 g/mol. The fourth-order valence-corrected chi connectivity index (χ4v) is 3.12. The summed E-state index contributed by atoms with van der Waals surface area (Å²) in [7, 11) is 0. The van der Waals surface area contributed by atoms with Crippen molar-refractivity contribution in [1.29, 1.82) is 0 Å². The first-order valence-corrected chi connectivity index (χ1v) is 7.52. The molecule has 0 aliphatic heterocycles. The van der Waals surface area contributed by atoms with E-state index in [9.17, 15) is 13.2 Å². The van der Waals surface area contributed by atoms with Crippen LogP contribution in [0, 0.1) is 0 Å². The van der Waals surface area contributed by atoms with Crippen LogP contribution in [0.15, 0.2) is 40.2 Å². The van der Waals surface area contributed by atoms with Crippen molar-refractivity contribution in [1.82, 2.24) is 0 Å². The molecule has 21 heavy (non-hydrogen) atoms. The first-order chi connectivity index (χ1) is 9.89. The van der Waals surface area contributed by atoms with Crippen LogP contribution < -0.4 is 15.2 Å². The summed E-state index contributed by atoms with van der Waals surface area (Å²) in [6.07, 6.45) is -5.32. The van der Waals surface area contributed by atoms with E-state index in [0.717, 1.165) is 9.35 Å². The zero-order chi connectivity index (χ0) is 15.5. The smallest absolute Gasteiger partial charge is 0.480 e. The highest BCUT2D eigenvalue weighted by atomic mass is 79.9. The van der Waals surface area contributed by atoms with E-state index >= 15 is 0 Å². The van der Waals surface area contributed by atoms with Crippen molar-refractivity contribution in [2.45, 2.75) is 12.5 Å². The minimum Gasteiger partial charge on any atom is -0.480 e. The van der Waals surface area contributed by atoms with Crippen LogP contribution in [0.2, 0.25) is 0 Å². The van der Waals surface area contributed by atoms with Gasteiger partial charge in [0.05, 0.1) is 0 Å². The van der Waals surface area contributed by atoms with E-state index in [2.05, 4.69) is 20.7 Å². The summed E-state index contributed by atoms with van der Waals surface area (Å²) in [6.45, 7) is 0.132. The average Bonchev–Trinajstić information content (AvgIpc) is 2.82. The van der Waals surface area contributed by atoms with Gasteiger partial charge in [0.1, 0.15) is 6.10 Å². The molecule has 0 aliphatic carbocycles. The number of alkyl halides is 3. The molecule has 0 amide bonds. The van der Waals surface area contributed by atoms with Crippen molar-refractivity contribution in [3.05, 3.63) is 45.1 Å². The summed E-state index contributed by atoms with van der Waals surface area (Å²) >= 11 is 4.72. The number of halogens is 4. The average molecular weight is 382 g/mol. The predicted molar refractivity (Wildman–Crippen MR) is 77.6 cm³/mol. The summed E-state index contributed by atoms with van der Waals surface area (Å²) in [4.78, 5) is 0.811. The second-order valence-electron chi connectivity index (χ2n) is 4.00. The van der Waals surface area contributed by atoms with Crippen LogP contribution in [0.3, 0.4) is 0 Å². The first kappa shape index (κ1) is 16.1. The van der Waals surface area contributed by atoms with Crippen LogP contribution in [0.5, 0.6) is 11.5 Å². The van der Waals surface area contributed by atoms with Gasteiger partial charge in [0.25, 0.3) is 0 Å². The quantitative estimate of drug-likeness (QED) is 0.829. The number of rotatable bonds is 5. The molecule has 0 saturated carbocycles. The molecule has 0 radical (unpaired) electrons. The number of para-hydroxylation sites is 2. The van der Waals surface area contributed by atoms with Crippen molar-refractivity contribution in [2.24, 2.45) is 5.73 Å². The third-order valence-corrected chi connectivity index (χ3v) is 4.25. The van der Waals surface area contributed by atoms with E-state index < -0.39 is 12.5 Å². The Morgan fingerprint density at radius 2 is 1.90 bits per heavy atom. The molecule has 0 saturated heterocycles. The maximum Gasteiger partial charge on any atom is 0.573 e. The number of thiophene rings is 1. The molecule has 0 spiro atoms. The van der Waals surface area contributed by atoms with Crippen LogP contribution >= 0.6 is 27.3 Å². The molecule has 114 valence electrons. The molecule has 1 aromatic heterocycles. The van der Waals surface area contributed by atoms with Gasteiger partial charge in [-0.3, -0.25) is 0 Å². The van der Waals surface area contributed by atoms with E-state index in [4.69, 9.17) is 10.5 Å². The number of benzene rings is 1. The van der Waals surface area contributed by atoms with Gasteiger partial charge in [-0.15, -0.1) is 24.5 Å². The molecule has 1 aromatic carbocycles. The van der Waals surface area contributed by atoms with Crippen molar-refractivity contribution in [2.75, 3.05) is 6.54 Å². The number of ether oxygens (including phenoxy) is 2. The largest absolute Gasteiger partial charge is 0.573 e. The van der Waals surface area contributed by atoms with Crippen molar-refractivity contribution < 1.29 is 22.6 Å². The molecule has 1 unspecified atom stereocenters. The van der Waals surface area contributed by atoms with Gasteiger partial charge in [-0.05, 0) is 34.1 Å². The fourth-order valence-electron chi connectivity index (χ4n) is 1.63. The van der Waals surface area contributed by atoms with Crippen LogP contribution in [-0.4, -0.2) is 12.9 Å². The molecule has 2 N–H and O–H groups in total. The highest BCUT2D eigenvalue weighted by molar-refractivity contribution is 9.10. The first-order valence-electron chi connectivity index (χ1n) is 5.84. The third kappa shape index (κ3) is 4.62. The Morgan fingerprint density at radius 1 is 1.24 bits per heavy atom. The predicted octanol–water partition coefficient (Wildman–Crippen LogP) is 4.49. The molecule has 2 aromatic rings. The van der Waals surface area contributed by atoms with Gasteiger partial charge in [0.2, 0.25) is 0 Å². The zero-order valence-corrected chi connectivity index (χ0v) is 13.0. The van der Waals surface area contributed by atoms with E-state index in [0.29, 0.717) is 0 Å². The molecule has 8 heteroatoms. The Morgan fingerprint density at radius 3 is 2.43 bits per heavy atom. The number of hydrogen-bond acceptors (Lipinski definition) is 4. The van der Waals surface area contributed by atoms with Crippen LogP contribution in [0.4, 0.5) is 13.2 Å². The Labute approximate surface area is 131 Å². The van der Waals surface area contributed by atoms with E-state index in [1.54, 1.807) is 6.07 Å². The Kier molecular flexibility index (Phi) is 5.13. The van der Waals surface area contributed by atoms with Gasteiger partial charge < -0.3 is 15.2 Å². The summed E-state index contributed by atoms with van der Waals surface area (Å²) in [5.41, 5.74) is 5.64. The lowest BCUT2D eigenvalue weighted by atomic mass is 10.2. The van der Waals surface area contributed by atoms with E-state index in [1.165, 1.54) is 29.5 Å². The number of nitrogens with two attached hydrogens (primary N) is 1. The lowest BCUT2D eigenvalue weighted by molar-refractivity contribution is -0.275. The van der Waals surface area contributed by atoms with Crippen LogP contribution in [0.25, 0.3) is 0 Å². The minimum absolute atomic E-state index is 0.00482. The molecule has 0 aliphatic rings. The molecule has 0 bridgehead atoms. The van der Waals surface area contributed by atoms with Crippen molar-refractivity contribution in [3.63, 3.8) is 0 Å². The lowest BCUT2D eigenvalue weighted by Crippen LogP contribution is -2.20. The standard InChI is InChI=1S/C13H11BrF3NO2S/c14-8-5-12(21-7-8)11(6-18)19-9-3-1-2-4-10(9)20-13(15,16)17/h1-5,7,11H,6,18H2. The highest BCUT2D eigenvalue weighted by Crippen LogP contribution is 2.36. The molecule has 1 atom stereocenters. The maximum absolute atomic E-state index is 12.4. The second kappa shape index (κ2) is 6.67. The SMILES string of the molecule is NCC(Oc1ccccc1OC(F)(F)F)c1cc(Br)cs1. The van der Waals surface area contributed by atoms with Crippen molar-refractivity contribution >= 4 is 27.3 Å². The van der Waals surface area contributed by atoms with Gasteiger partial charge >= 0.3 is 6.36 Å². The lowest BCUT2D eigenvalue weighted by Gasteiger charge is -2.19. The molecular formula is C13H11BrF3NO2S. The Balaban J connectivity index is 2.21. The van der Waals surface area contributed by atoms with Gasteiger partial charge in [-0.1, -0.05) is 12.1 Å². The summed E-state index contributed by atoms with van der Waals surface area (Å²) < 4.78 is 47.5. The van der Waals surface area contributed by atoms with Crippen molar-refractivity contribution in [3.8, 4) is 11.5 Å². The summed E-state index contributed by atoms with van der Waals surface area (Å²) in [5.74, 6) is -0.395. The van der Waals surface area contributed by atoms with E-state index in [1.807, 2.05) is 11.4 Å². The van der Waals surface area contributed by atoms with Gasteiger partial charge in [-0.2, -0.15) is 0 Å². The van der Waals surface area contributed by atoms with Crippen LogP contribution in [-0.2, 0) is 0 Å². The van der Waals surface area contributed by atoms with Gasteiger partial charge in [0.15, 0.2) is 11.5 Å². The fraction of sp³-hybridized carbons (Fsp3) is 0.231. The summed E-state index contributed by atoms with van der Waals surface area (Å²) in [6, 6.07) is 7.42. The monoisotopic (exact) mass is 381 g/mol. The van der Waals surface area contributed by atoms with Gasteiger partial charge in [-0.25, -0.2) is 0 Å². The molecule has 3 nitrogen and oxygen atoms in total. The van der Waals surface area contributed by atoms with E-state index in [-0.39, 0.29) is 18.0 Å².